The second-order valence-electron chi connectivity index (χ2n) is 8.10. The van der Waals surface area contributed by atoms with Gasteiger partial charge in [-0.05, 0) is 18.7 Å². The maximum absolute atomic E-state index is 12.8. The van der Waals surface area contributed by atoms with E-state index in [0.717, 1.165) is 49.8 Å². The lowest BCUT2D eigenvalue weighted by Gasteiger charge is -2.40. The number of hydrogen-bond donors (Lipinski definition) is 1. The summed E-state index contributed by atoms with van der Waals surface area (Å²) in [4.78, 5) is 42.5. The summed E-state index contributed by atoms with van der Waals surface area (Å²) in [5.74, 6) is 1.18. The molecule has 2 unspecified atom stereocenters. The Hall–Kier alpha value is -2.79. The van der Waals surface area contributed by atoms with E-state index in [1.54, 1.807) is 7.05 Å². The Labute approximate surface area is 190 Å². The van der Waals surface area contributed by atoms with E-state index in [-0.39, 0.29) is 5.91 Å². The number of rotatable bonds is 5. The fourth-order valence-electron chi connectivity index (χ4n) is 4.42. The van der Waals surface area contributed by atoms with Gasteiger partial charge >= 0.3 is 6.03 Å². The molecule has 0 aliphatic carbocycles. The van der Waals surface area contributed by atoms with Crippen molar-refractivity contribution < 1.29 is 14.0 Å². The number of nitrogens with zero attached hydrogens (tertiary/aromatic N) is 6. The summed E-state index contributed by atoms with van der Waals surface area (Å²) in [5.41, 5.74) is 1.60. The number of carbonyl (C=O) groups excluding carboxylic acids is 2. The Balaban J connectivity index is 1.33. The van der Waals surface area contributed by atoms with Crippen LogP contribution in [0.2, 0.25) is 0 Å². The minimum atomic E-state index is -0.527. The van der Waals surface area contributed by atoms with Crippen LogP contribution in [0.15, 0.2) is 38.9 Å². The van der Waals surface area contributed by atoms with E-state index in [2.05, 4.69) is 27.0 Å². The van der Waals surface area contributed by atoms with Gasteiger partial charge in [-0.1, -0.05) is 30.8 Å². The molecule has 1 aromatic carbocycles. The number of fused-ring (bicyclic) bond motifs is 2. The van der Waals surface area contributed by atoms with Crippen LogP contribution >= 0.6 is 11.8 Å². The predicted octanol–water partition coefficient (Wildman–Crippen LogP) is 1.11. The molecule has 2 aromatic rings. The minimum absolute atomic E-state index is 0.295. The van der Waals surface area contributed by atoms with Crippen LogP contribution in [0, 0.1) is 0 Å². The van der Waals surface area contributed by atoms with Crippen LogP contribution in [-0.2, 0) is 4.79 Å². The number of urea groups is 1. The van der Waals surface area contributed by atoms with Crippen LogP contribution in [0.25, 0.3) is 11.1 Å². The van der Waals surface area contributed by atoms with Crippen molar-refractivity contribution in [1.82, 2.24) is 29.9 Å². The fourth-order valence-corrected chi connectivity index (χ4v) is 5.20. The van der Waals surface area contributed by atoms with Crippen molar-refractivity contribution >= 4 is 40.8 Å². The maximum Gasteiger partial charge on any atom is 0.325 e. The van der Waals surface area contributed by atoms with Crippen molar-refractivity contribution in [2.75, 3.05) is 52.1 Å². The molecule has 2 saturated heterocycles. The van der Waals surface area contributed by atoms with Crippen LogP contribution in [0.3, 0.4) is 0 Å². The van der Waals surface area contributed by atoms with Crippen LogP contribution in [0.4, 0.5) is 4.79 Å². The van der Waals surface area contributed by atoms with Gasteiger partial charge in [0.15, 0.2) is 23.8 Å². The van der Waals surface area contributed by atoms with Crippen LogP contribution in [0.1, 0.15) is 6.92 Å². The number of aromatic nitrogens is 1. The third-order valence-corrected chi connectivity index (χ3v) is 7.08. The average molecular weight is 458 g/mol. The van der Waals surface area contributed by atoms with Gasteiger partial charge < -0.3 is 24.0 Å². The molecule has 170 valence electrons. The van der Waals surface area contributed by atoms with E-state index in [0.29, 0.717) is 17.5 Å². The number of aliphatic imine (C=N–C) groups is 1. The number of para-hydroxylation sites is 2. The largest absolute Gasteiger partial charge is 0.431 e. The fraction of sp³-hybridized carbons (Fsp3) is 0.524. The molecule has 4 heterocycles. The molecule has 0 saturated carbocycles. The smallest absolute Gasteiger partial charge is 0.325 e. The Kier molecular flexibility index (Phi) is 5.68. The van der Waals surface area contributed by atoms with Crippen molar-refractivity contribution in [2.45, 2.75) is 24.4 Å². The number of oxazole rings is 1. The van der Waals surface area contributed by atoms with Gasteiger partial charge in [-0.25, -0.2) is 14.8 Å². The maximum atomic E-state index is 12.8. The van der Waals surface area contributed by atoms with Crippen LogP contribution in [0.5, 0.6) is 0 Å². The van der Waals surface area contributed by atoms with Gasteiger partial charge in [0.2, 0.25) is 0 Å². The molecule has 0 bridgehead atoms. The van der Waals surface area contributed by atoms with Gasteiger partial charge in [0, 0.05) is 45.5 Å². The molecule has 0 spiro atoms. The zero-order valence-corrected chi connectivity index (χ0v) is 19.0. The van der Waals surface area contributed by atoms with E-state index in [1.807, 2.05) is 29.2 Å². The lowest BCUT2D eigenvalue weighted by molar-refractivity contribution is -0.127. The highest BCUT2D eigenvalue weighted by atomic mass is 32.2. The number of imide groups is 1. The van der Waals surface area contributed by atoms with E-state index < -0.39 is 18.2 Å². The molecular formula is C21H27N7O3S. The van der Waals surface area contributed by atoms with Gasteiger partial charge in [0.25, 0.3) is 11.1 Å². The molecule has 1 N–H and O–H groups in total. The molecule has 5 rings (SSSR count). The number of hydrogen-bond acceptors (Lipinski definition) is 9. The molecule has 32 heavy (non-hydrogen) atoms. The number of likely N-dealkylation sites (N-methyl/N-ethyl adjacent to an activating group) is 2. The lowest BCUT2D eigenvalue weighted by Crippen LogP contribution is -2.64. The number of piperazine rings is 1. The molecule has 2 atom stereocenters. The first-order valence-corrected chi connectivity index (χ1v) is 11.9. The number of guanidine groups is 1. The average Bonchev–Trinajstić information content (AvgIpc) is 3.39. The van der Waals surface area contributed by atoms with E-state index in [1.165, 1.54) is 16.7 Å². The van der Waals surface area contributed by atoms with Crippen molar-refractivity contribution in [3.8, 4) is 0 Å². The highest BCUT2D eigenvalue weighted by Crippen LogP contribution is 2.28. The normalized spacial score (nSPS) is 24.2. The summed E-state index contributed by atoms with van der Waals surface area (Å²) in [6, 6.07) is 6.75. The van der Waals surface area contributed by atoms with Crippen molar-refractivity contribution in [3.05, 3.63) is 24.3 Å². The van der Waals surface area contributed by atoms with Gasteiger partial charge in [-0.15, -0.1) is 0 Å². The lowest BCUT2D eigenvalue weighted by atomic mass is 10.1. The number of amides is 3. The first kappa shape index (κ1) is 21.1. The topological polar surface area (TPSA) is 97.5 Å². The molecule has 3 aliphatic heterocycles. The molecular weight excluding hydrogens is 430 g/mol. The van der Waals surface area contributed by atoms with Gasteiger partial charge in [-0.2, -0.15) is 0 Å². The monoisotopic (exact) mass is 457 g/mol. The number of carbonyl (C=O) groups is 2. The zero-order chi connectivity index (χ0) is 22.2. The highest BCUT2D eigenvalue weighted by Gasteiger charge is 2.49. The number of nitrogens with one attached hydrogen (secondary N) is 1. The van der Waals surface area contributed by atoms with Crippen LogP contribution < -0.4 is 5.32 Å². The third kappa shape index (κ3) is 3.79. The summed E-state index contributed by atoms with van der Waals surface area (Å²) in [6.07, 6.45) is -0.509. The van der Waals surface area contributed by atoms with Gasteiger partial charge in [-0.3, -0.25) is 10.1 Å². The molecule has 3 aliphatic rings. The van der Waals surface area contributed by atoms with Gasteiger partial charge in [0.1, 0.15) is 5.52 Å². The first-order valence-electron chi connectivity index (χ1n) is 10.9. The number of benzene rings is 1. The standard InChI is InChI=1S/C21H27N7O3S/c1-3-26-8-10-27(11-9-26)19-23-17-16(18(29)24-20(30)25(17)2)28(19)12-13-32-21-22-14-6-4-5-7-15(14)31-21/h4-7,16-17H,3,8-13H2,1-2H3,(H,24,29,30). The van der Waals surface area contributed by atoms with Gasteiger partial charge in [0.05, 0.1) is 0 Å². The second kappa shape index (κ2) is 8.62. The van der Waals surface area contributed by atoms with E-state index in [9.17, 15) is 9.59 Å². The molecule has 10 nitrogen and oxygen atoms in total. The van der Waals surface area contributed by atoms with Crippen LogP contribution in [-0.4, -0.2) is 107 Å². The van der Waals surface area contributed by atoms with Crippen molar-refractivity contribution in [1.29, 1.82) is 0 Å². The third-order valence-electron chi connectivity index (χ3n) is 6.27. The van der Waals surface area contributed by atoms with E-state index in [4.69, 9.17) is 9.41 Å². The molecule has 2 fully saturated rings. The second-order valence-corrected chi connectivity index (χ2v) is 9.15. The summed E-state index contributed by atoms with van der Waals surface area (Å²) in [6.45, 7) is 7.38. The molecule has 0 radical (unpaired) electrons. The zero-order valence-electron chi connectivity index (χ0n) is 18.2. The molecule has 3 amide bonds. The van der Waals surface area contributed by atoms with Crippen molar-refractivity contribution in [2.24, 2.45) is 4.99 Å². The molecule has 11 heteroatoms. The summed E-state index contributed by atoms with van der Waals surface area (Å²) in [7, 11) is 1.69. The first-order chi connectivity index (χ1) is 15.5. The Bertz CT molecular complexity index is 1020. The Morgan fingerprint density at radius 2 is 1.97 bits per heavy atom. The Morgan fingerprint density at radius 3 is 2.72 bits per heavy atom. The van der Waals surface area contributed by atoms with E-state index >= 15 is 0 Å². The Morgan fingerprint density at radius 1 is 1.19 bits per heavy atom. The SMILES string of the molecule is CCN1CCN(C2=NC3C(C(=O)NC(=O)N3C)N2CCSc2nc3ccccc3o2)CC1. The van der Waals surface area contributed by atoms with Crippen molar-refractivity contribution in [3.63, 3.8) is 0 Å². The summed E-state index contributed by atoms with van der Waals surface area (Å²) >= 11 is 1.51. The number of thioether (sulfide) groups is 1. The molecule has 1 aromatic heterocycles. The minimum Gasteiger partial charge on any atom is -0.431 e. The quantitative estimate of drug-likeness (QED) is 0.667. The predicted molar refractivity (Wildman–Crippen MR) is 121 cm³/mol. The summed E-state index contributed by atoms with van der Waals surface area (Å²) < 4.78 is 5.81. The summed E-state index contributed by atoms with van der Waals surface area (Å²) in [5, 5.41) is 3.07. The highest BCUT2D eigenvalue weighted by molar-refractivity contribution is 7.99.